The molecule has 20 heavy (non-hydrogen) atoms. The number of nitrogens with one attached hydrogen (secondary N) is 1. The summed E-state index contributed by atoms with van der Waals surface area (Å²) in [5, 5.41) is 2.86. The molecule has 4 nitrogen and oxygen atoms in total. The molecular weight excluding hydrogens is 276 g/mol. The van der Waals surface area contributed by atoms with Crippen LogP contribution in [0.1, 0.15) is 31.7 Å². The summed E-state index contributed by atoms with van der Waals surface area (Å²) in [5.41, 5.74) is 6.81. The standard InChI is InChI=1S/C15H24N2O2.ClH/c1-12-4-7-14(8-5-12)19-11-3-10-17-15(18)9-6-13(2)16;/h4-5,7-8,13H,3,6,9-11,16H2,1-2H3,(H,17,18);1H. The summed E-state index contributed by atoms with van der Waals surface area (Å²) in [7, 11) is 0. The van der Waals surface area contributed by atoms with E-state index in [-0.39, 0.29) is 24.4 Å². The highest BCUT2D eigenvalue weighted by atomic mass is 35.5. The van der Waals surface area contributed by atoms with Crippen molar-refractivity contribution in [2.24, 2.45) is 5.73 Å². The molecule has 0 saturated heterocycles. The highest BCUT2D eigenvalue weighted by Gasteiger charge is 2.02. The zero-order valence-electron chi connectivity index (χ0n) is 12.2. The van der Waals surface area contributed by atoms with Gasteiger partial charge in [-0.25, -0.2) is 0 Å². The van der Waals surface area contributed by atoms with Gasteiger partial charge in [-0.2, -0.15) is 0 Å². The van der Waals surface area contributed by atoms with Gasteiger partial charge in [-0.05, 0) is 38.8 Å². The molecule has 1 amide bonds. The van der Waals surface area contributed by atoms with Gasteiger partial charge in [0, 0.05) is 19.0 Å². The highest BCUT2D eigenvalue weighted by Crippen LogP contribution is 2.11. The van der Waals surface area contributed by atoms with Crippen molar-refractivity contribution in [3.05, 3.63) is 29.8 Å². The molecule has 5 heteroatoms. The molecule has 1 aromatic rings. The number of benzene rings is 1. The Morgan fingerprint density at radius 1 is 1.35 bits per heavy atom. The zero-order chi connectivity index (χ0) is 14.1. The molecular formula is C15H25ClN2O2. The van der Waals surface area contributed by atoms with Crippen LogP contribution >= 0.6 is 12.4 Å². The normalized spacial score (nSPS) is 11.3. The number of nitrogens with two attached hydrogens (primary N) is 1. The van der Waals surface area contributed by atoms with Crippen LogP contribution in [0.4, 0.5) is 0 Å². The number of amides is 1. The van der Waals surface area contributed by atoms with Crippen molar-refractivity contribution in [2.75, 3.05) is 13.2 Å². The summed E-state index contributed by atoms with van der Waals surface area (Å²) in [5.74, 6) is 0.932. The van der Waals surface area contributed by atoms with Crippen molar-refractivity contribution < 1.29 is 9.53 Å². The van der Waals surface area contributed by atoms with E-state index in [1.54, 1.807) is 0 Å². The van der Waals surface area contributed by atoms with Crippen LogP contribution in [0.5, 0.6) is 5.75 Å². The van der Waals surface area contributed by atoms with Crippen molar-refractivity contribution in [2.45, 2.75) is 39.2 Å². The van der Waals surface area contributed by atoms with Gasteiger partial charge in [0.15, 0.2) is 0 Å². The molecule has 1 rings (SSSR count). The molecule has 0 spiro atoms. The van der Waals surface area contributed by atoms with Crippen molar-refractivity contribution in [1.82, 2.24) is 5.32 Å². The molecule has 0 bridgehead atoms. The smallest absolute Gasteiger partial charge is 0.220 e. The van der Waals surface area contributed by atoms with E-state index in [4.69, 9.17) is 10.5 Å². The largest absolute Gasteiger partial charge is 0.494 e. The van der Waals surface area contributed by atoms with Crippen LogP contribution < -0.4 is 15.8 Å². The fraction of sp³-hybridized carbons (Fsp3) is 0.533. The van der Waals surface area contributed by atoms with E-state index in [2.05, 4.69) is 5.32 Å². The number of carbonyl (C=O) groups is 1. The number of rotatable bonds is 8. The fourth-order valence-corrected chi connectivity index (χ4v) is 1.57. The molecule has 0 radical (unpaired) electrons. The summed E-state index contributed by atoms with van der Waals surface area (Å²) in [6.45, 7) is 5.20. The van der Waals surface area contributed by atoms with E-state index in [1.165, 1.54) is 5.56 Å². The van der Waals surface area contributed by atoms with Crippen LogP contribution in [0.25, 0.3) is 0 Å². The molecule has 1 atom stereocenters. The summed E-state index contributed by atoms with van der Waals surface area (Å²) in [4.78, 5) is 11.4. The topological polar surface area (TPSA) is 64.3 Å². The molecule has 0 aliphatic rings. The van der Waals surface area contributed by atoms with Gasteiger partial charge in [0.05, 0.1) is 6.61 Å². The number of halogens is 1. The number of carbonyl (C=O) groups excluding carboxylic acids is 1. The summed E-state index contributed by atoms with van der Waals surface area (Å²) in [6, 6.07) is 8.03. The second kappa shape index (κ2) is 10.5. The highest BCUT2D eigenvalue weighted by molar-refractivity contribution is 5.85. The van der Waals surface area contributed by atoms with E-state index in [1.807, 2.05) is 38.1 Å². The SMILES string of the molecule is Cc1ccc(OCCCNC(=O)CCC(C)N)cc1.Cl. The maximum absolute atomic E-state index is 11.4. The Balaban J connectivity index is 0.00000361. The first-order valence-corrected chi connectivity index (χ1v) is 6.79. The number of hydrogen-bond acceptors (Lipinski definition) is 3. The second-order valence-electron chi connectivity index (χ2n) is 4.88. The molecule has 1 unspecified atom stereocenters. The zero-order valence-corrected chi connectivity index (χ0v) is 13.0. The molecule has 0 saturated carbocycles. The molecule has 3 N–H and O–H groups in total. The minimum atomic E-state index is 0. The van der Waals surface area contributed by atoms with Crippen molar-refractivity contribution >= 4 is 18.3 Å². The van der Waals surface area contributed by atoms with Crippen LogP contribution in [0.3, 0.4) is 0 Å². The Bertz CT molecular complexity index is 380. The Morgan fingerprint density at radius 3 is 2.60 bits per heavy atom. The van der Waals surface area contributed by atoms with Crippen LogP contribution in [0.15, 0.2) is 24.3 Å². The maximum Gasteiger partial charge on any atom is 0.220 e. The third-order valence-electron chi connectivity index (χ3n) is 2.76. The first-order chi connectivity index (χ1) is 9.08. The van der Waals surface area contributed by atoms with Gasteiger partial charge in [0.1, 0.15) is 5.75 Å². The second-order valence-corrected chi connectivity index (χ2v) is 4.88. The molecule has 0 heterocycles. The lowest BCUT2D eigenvalue weighted by molar-refractivity contribution is -0.121. The lowest BCUT2D eigenvalue weighted by atomic mass is 10.2. The number of aryl methyl sites for hydroxylation is 1. The van der Waals surface area contributed by atoms with Gasteiger partial charge in [-0.1, -0.05) is 17.7 Å². The Hall–Kier alpha value is -1.26. The molecule has 0 aromatic heterocycles. The minimum Gasteiger partial charge on any atom is -0.494 e. The first kappa shape index (κ1) is 18.7. The molecule has 0 fully saturated rings. The Morgan fingerprint density at radius 2 is 2.00 bits per heavy atom. The summed E-state index contributed by atoms with van der Waals surface area (Å²) < 4.78 is 5.57. The predicted octanol–water partition coefficient (Wildman–Crippen LogP) is 2.43. The third-order valence-corrected chi connectivity index (χ3v) is 2.76. The van der Waals surface area contributed by atoms with Crippen molar-refractivity contribution in [3.63, 3.8) is 0 Å². The summed E-state index contributed by atoms with van der Waals surface area (Å²) in [6.07, 6.45) is 2.03. The quantitative estimate of drug-likeness (QED) is 0.725. The maximum atomic E-state index is 11.4. The van der Waals surface area contributed by atoms with E-state index in [9.17, 15) is 4.79 Å². The predicted molar refractivity (Wildman–Crippen MR) is 84.4 cm³/mol. The van der Waals surface area contributed by atoms with E-state index in [0.717, 1.165) is 18.6 Å². The Kier molecular flexibility index (Phi) is 9.86. The lowest BCUT2D eigenvalue weighted by Crippen LogP contribution is -2.27. The molecule has 0 aliphatic carbocycles. The van der Waals surface area contributed by atoms with Gasteiger partial charge in [0.25, 0.3) is 0 Å². The van der Waals surface area contributed by atoms with Gasteiger partial charge in [-0.15, -0.1) is 12.4 Å². The Labute approximate surface area is 127 Å². The lowest BCUT2D eigenvalue weighted by Gasteiger charge is -2.08. The van der Waals surface area contributed by atoms with Gasteiger partial charge >= 0.3 is 0 Å². The monoisotopic (exact) mass is 300 g/mol. The van der Waals surface area contributed by atoms with E-state index < -0.39 is 0 Å². The van der Waals surface area contributed by atoms with Crippen molar-refractivity contribution in [3.8, 4) is 5.75 Å². The average Bonchev–Trinajstić information content (AvgIpc) is 2.38. The number of hydrogen-bond donors (Lipinski definition) is 2. The molecule has 0 aliphatic heterocycles. The van der Waals surface area contributed by atoms with Crippen LogP contribution in [0, 0.1) is 6.92 Å². The van der Waals surface area contributed by atoms with Gasteiger partial charge in [0.2, 0.25) is 5.91 Å². The van der Waals surface area contributed by atoms with Gasteiger partial charge in [-0.3, -0.25) is 4.79 Å². The number of ether oxygens (including phenoxy) is 1. The van der Waals surface area contributed by atoms with Crippen LogP contribution in [-0.4, -0.2) is 25.1 Å². The minimum absolute atomic E-state index is 0. The molecule has 114 valence electrons. The molecule has 1 aromatic carbocycles. The fourth-order valence-electron chi connectivity index (χ4n) is 1.57. The third kappa shape index (κ3) is 8.77. The van der Waals surface area contributed by atoms with Crippen LogP contribution in [-0.2, 0) is 4.79 Å². The first-order valence-electron chi connectivity index (χ1n) is 6.79. The van der Waals surface area contributed by atoms with Gasteiger partial charge < -0.3 is 15.8 Å². The van der Waals surface area contributed by atoms with Crippen molar-refractivity contribution in [1.29, 1.82) is 0 Å². The average molecular weight is 301 g/mol. The van der Waals surface area contributed by atoms with Crippen LogP contribution in [0.2, 0.25) is 0 Å². The summed E-state index contributed by atoms with van der Waals surface area (Å²) >= 11 is 0. The van der Waals surface area contributed by atoms with E-state index >= 15 is 0 Å². The van der Waals surface area contributed by atoms with E-state index in [0.29, 0.717) is 19.6 Å².